The first-order valence-corrected chi connectivity index (χ1v) is 6.58. The molecule has 0 bridgehead atoms. The first-order valence-electron chi connectivity index (χ1n) is 5.59. The summed E-state index contributed by atoms with van der Waals surface area (Å²) < 4.78 is 13.0. The van der Waals surface area contributed by atoms with Gasteiger partial charge in [-0.05, 0) is 31.2 Å². The molecule has 0 amide bonds. The summed E-state index contributed by atoms with van der Waals surface area (Å²) in [6.45, 7) is 2.32. The molecule has 0 saturated heterocycles. The Kier molecular flexibility index (Phi) is 4.28. The average Bonchev–Trinajstić information content (AvgIpc) is 2.36. The Morgan fingerprint density at radius 3 is 2.83 bits per heavy atom. The third-order valence-electron chi connectivity index (χ3n) is 2.33. The summed E-state index contributed by atoms with van der Waals surface area (Å²) in [7, 11) is 0. The molecular formula is C13H14FN3S. The van der Waals surface area contributed by atoms with Crippen molar-refractivity contribution in [2.45, 2.75) is 24.1 Å². The van der Waals surface area contributed by atoms with Crippen molar-refractivity contribution < 1.29 is 4.39 Å². The van der Waals surface area contributed by atoms with Gasteiger partial charge >= 0.3 is 0 Å². The number of nitrogens with two attached hydrogens (primary N) is 1. The molecule has 94 valence electrons. The fourth-order valence-electron chi connectivity index (χ4n) is 1.57. The first-order chi connectivity index (χ1) is 8.67. The first kappa shape index (κ1) is 13.0. The van der Waals surface area contributed by atoms with Crippen LogP contribution in [0.4, 0.5) is 4.39 Å². The molecular weight excluding hydrogens is 249 g/mol. The van der Waals surface area contributed by atoms with Gasteiger partial charge in [0, 0.05) is 17.1 Å². The van der Waals surface area contributed by atoms with E-state index in [0.717, 1.165) is 22.1 Å². The molecule has 0 aliphatic heterocycles. The van der Waals surface area contributed by atoms with E-state index in [0.29, 0.717) is 12.3 Å². The van der Waals surface area contributed by atoms with Crippen molar-refractivity contribution in [2.24, 2.45) is 5.73 Å². The quantitative estimate of drug-likeness (QED) is 0.862. The highest BCUT2D eigenvalue weighted by atomic mass is 32.2. The van der Waals surface area contributed by atoms with Crippen LogP contribution in [0.5, 0.6) is 0 Å². The van der Waals surface area contributed by atoms with Crippen LogP contribution in [0.2, 0.25) is 0 Å². The summed E-state index contributed by atoms with van der Waals surface area (Å²) in [5.74, 6) is 1.11. The van der Waals surface area contributed by atoms with Crippen molar-refractivity contribution in [1.29, 1.82) is 0 Å². The molecule has 5 heteroatoms. The molecule has 1 aromatic carbocycles. The van der Waals surface area contributed by atoms with Gasteiger partial charge in [0.1, 0.15) is 11.6 Å². The van der Waals surface area contributed by atoms with Crippen LogP contribution in [0.1, 0.15) is 17.2 Å². The van der Waals surface area contributed by atoms with Crippen LogP contribution >= 0.6 is 11.8 Å². The van der Waals surface area contributed by atoms with E-state index < -0.39 is 0 Å². The molecule has 3 nitrogen and oxygen atoms in total. The lowest BCUT2D eigenvalue weighted by Crippen LogP contribution is -2.05. The van der Waals surface area contributed by atoms with Crippen molar-refractivity contribution in [1.82, 2.24) is 9.97 Å². The van der Waals surface area contributed by atoms with E-state index in [2.05, 4.69) is 9.97 Å². The van der Waals surface area contributed by atoms with E-state index in [9.17, 15) is 4.39 Å². The smallest absolute Gasteiger partial charge is 0.139 e. The molecule has 0 saturated carbocycles. The fraction of sp³-hybridized carbons (Fsp3) is 0.231. The van der Waals surface area contributed by atoms with Crippen LogP contribution in [-0.4, -0.2) is 9.97 Å². The third kappa shape index (κ3) is 3.51. The van der Waals surface area contributed by atoms with E-state index in [1.165, 1.54) is 23.9 Å². The number of nitrogens with zero attached hydrogens (tertiary/aromatic N) is 2. The molecule has 18 heavy (non-hydrogen) atoms. The monoisotopic (exact) mass is 263 g/mol. The lowest BCUT2D eigenvalue weighted by atomic mass is 10.3. The maximum Gasteiger partial charge on any atom is 0.139 e. The summed E-state index contributed by atoms with van der Waals surface area (Å²) >= 11 is 1.51. The van der Waals surface area contributed by atoms with E-state index in [-0.39, 0.29) is 5.82 Å². The Bertz CT molecular complexity index is 546. The number of rotatable bonds is 4. The second kappa shape index (κ2) is 5.93. The second-order valence-corrected chi connectivity index (χ2v) is 4.92. The number of aryl methyl sites for hydroxylation is 1. The molecule has 2 N–H and O–H groups in total. The predicted octanol–water partition coefficient (Wildman–Crippen LogP) is 2.68. The lowest BCUT2D eigenvalue weighted by molar-refractivity contribution is 0.624. The minimum atomic E-state index is -0.229. The number of benzene rings is 1. The average molecular weight is 263 g/mol. The Morgan fingerprint density at radius 2 is 2.11 bits per heavy atom. The topological polar surface area (TPSA) is 51.8 Å². The maximum atomic E-state index is 13.0. The molecule has 0 unspecified atom stereocenters. The van der Waals surface area contributed by atoms with Crippen LogP contribution in [0.25, 0.3) is 0 Å². The number of halogens is 1. The van der Waals surface area contributed by atoms with Crippen LogP contribution in [-0.2, 0) is 12.3 Å². The maximum absolute atomic E-state index is 13.0. The third-order valence-corrected chi connectivity index (χ3v) is 3.32. The highest BCUT2D eigenvalue weighted by Gasteiger charge is 2.03. The van der Waals surface area contributed by atoms with E-state index >= 15 is 0 Å². The molecule has 1 aromatic heterocycles. The Balaban J connectivity index is 2.08. The lowest BCUT2D eigenvalue weighted by Gasteiger charge is -2.04. The van der Waals surface area contributed by atoms with Crippen LogP contribution in [0.3, 0.4) is 0 Å². The zero-order chi connectivity index (χ0) is 13.0. The van der Waals surface area contributed by atoms with Gasteiger partial charge in [-0.3, -0.25) is 0 Å². The highest BCUT2D eigenvalue weighted by Crippen LogP contribution is 2.22. The summed E-state index contributed by atoms with van der Waals surface area (Å²) in [6.07, 6.45) is 0. The van der Waals surface area contributed by atoms with E-state index in [1.54, 1.807) is 6.07 Å². The zero-order valence-electron chi connectivity index (χ0n) is 10.1. The van der Waals surface area contributed by atoms with E-state index in [4.69, 9.17) is 5.73 Å². The molecule has 0 aliphatic rings. The van der Waals surface area contributed by atoms with Crippen molar-refractivity contribution in [3.05, 3.63) is 53.4 Å². The van der Waals surface area contributed by atoms with Crippen molar-refractivity contribution in [3.63, 3.8) is 0 Å². The van der Waals surface area contributed by atoms with Gasteiger partial charge in [0.25, 0.3) is 0 Å². The second-order valence-electron chi connectivity index (χ2n) is 3.87. The molecule has 0 spiro atoms. The van der Waals surface area contributed by atoms with Gasteiger partial charge in [0.15, 0.2) is 0 Å². The van der Waals surface area contributed by atoms with Crippen molar-refractivity contribution in [3.8, 4) is 0 Å². The SMILES string of the molecule is Cc1cc(CN)nc(CSc2cccc(F)c2)n1. The summed E-state index contributed by atoms with van der Waals surface area (Å²) in [5.41, 5.74) is 7.30. The number of aromatic nitrogens is 2. The van der Waals surface area contributed by atoms with Crippen LogP contribution < -0.4 is 5.73 Å². The molecule has 1 heterocycles. The molecule has 0 fully saturated rings. The number of hydrogen-bond acceptors (Lipinski definition) is 4. The molecule has 2 aromatic rings. The normalized spacial score (nSPS) is 10.6. The van der Waals surface area contributed by atoms with Crippen LogP contribution in [0.15, 0.2) is 35.2 Å². The minimum absolute atomic E-state index is 0.229. The van der Waals surface area contributed by atoms with Gasteiger partial charge in [-0.15, -0.1) is 11.8 Å². The van der Waals surface area contributed by atoms with Gasteiger partial charge < -0.3 is 5.73 Å². The van der Waals surface area contributed by atoms with Gasteiger partial charge in [0.2, 0.25) is 0 Å². The summed E-state index contributed by atoms with van der Waals surface area (Å²) in [6, 6.07) is 8.37. The highest BCUT2D eigenvalue weighted by molar-refractivity contribution is 7.98. The largest absolute Gasteiger partial charge is 0.325 e. The molecule has 0 aliphatic carbocycles. The van der Waals surface area contributed by atoms with Gasteiger partial charge in [-0.1, -0.05) is 6.07 Å². The van der Waals surface area contributed by atoms with Gasteiger partial charge in [-0.25, -0.2) is 14.4 Å². The Labute approximate surface area is 110 Å². The fourth-order valence-corrected chi connectivity index (χ4v) is 2.37. The Hall–Kier alpha value is -1.46. The molecule has 2 rings (SSSR count). The van der Waals surface area contributed by atoms with Gasteiger partial charge in [-0.2, -0.15) is 0 Å². The van der Waals surface area contributed by atoms with Crippen molar-refractivity contribution in [2.75, 3.05) is 0 Å². The Morgan fingerprint density at radius 1 is 1.28 bits per heavy atom. The molecule has 0 atom stereocenters. The van der Waals surface area contributed by atoms with Crippen LogP contribution in [0, 0.1) is 12.7 Å². The minimum Gasteiger partial charge on any atom is -0.325 e. The van der Waals surface area contributed by atoms with E-state index in [1.807, 2.05) is 19.1 Å². The zero-order valence-corrected chi connectivity index (χ0v) is 10.9. The number of hydrogen-bond donors (Lipinski definition) is 1. The van der Waals surface area contributed by atoms with Crippen molar-refractivity contribution >= 4 is 11.8 Å². The predicted molar refractivity (Wildman–Crippen MR) is 70.6 cm³/mol. The number of thioether (sulfide) groups is 1. The summed E-state index contributed by atoms with van der Waals surface area (Å²) in [4.78, 5) is 9.55. The van der Waals surface area contributed by atoms with Gasteiger partial charge in [0.05, 0.1) is 11.4 Å². The standard InChI is InChI=1S/C13H14FN3S/c1-9-5-11(7-15)17-13(16-9)8-18-12-4-2-3-10(14)6-12/h2-6H,7-8,15H2,1H3. The molecule has 0 radical (unpaired) electrons. The summed E-state index contributed by atoms with van der Waals surface area (Å²) in [5, 5.41) is 0.